The monoisotopic (exact) mass is 292 g/mol. The van der Waals surface area contributed by atoms with Crippen LogP contribution in [0.2, 0.25) is 0 Å². The minimum atomic E-state index is -0.864. The topological polar surface area (TPSA) is 46.4 Å². The van der Waals surface area contributed by atoms with Crippen LogP contribution in [0.3, 0.4) is 0 Å². The van der Waals surface area contributed by atoms with Gasteiger partial charge in [0.2, 0.25) is 5.82 Å². The Balaban J connectivity index is 2.06. The molecule has 0 spiro atoms. The maximum absolute atomic E-state index is 13.5. The Morgan fingerprint density at radius 1 is 1.10 bits per heavy atom. The summed E-state index contributed by atoms with van der Waals surface area (Å²) in [5, 5.41) is 10.5. The fourth-order valence-electron chi connectivity index (χ4n) is 2.08. The third-order valence-corrected chi connectivity index (χ3v) is 3.06. The molecule has 0 saturated heterocycles. The molecule has 0 aliphatic carbocycles. The third-order valence-electron chi connectivity index (χ3n) is 3.06. The van der Waals surface area contributed by atoms with Crippen molar-refractivity contribution >= 4 is 5.69 Å². The quantitative estimate of drug-likeness (QED) is 0.626. The zero-order chi connectivity index (χ0) is 15.4. The molecule has 0 heterocycles. The maximum atomic E-state index is 13.5. The maximum Gasteiger partial charge on any atom is 0.304 e. The van der Waals surface area contributed by atoms with Crippen molar-refractivity contribution in [1.82, 2.24) is 4.90 Å². The zero-order valence-electron chi connectivity index (χ0n) is 11.4. The summed E-state index contributed by atoms with van der Waals surface area (Å²) in [6, 6.07) is 10.2. The smallest absolute Gasteiger partial charge is 0.298 e. The highest BCUT2D eigenvalue weighted by atomic mass is 19.1. The highest BCUT2D eigenvalue weighted by molar-refractivity contribution is 5.35. The van der Waals surface area contributed by atoms with E-state index in [9.17, 15) is 18.9 Å². The Morgan fingerprint density at radius 2 is 1.81 bits per heavy atom. The van der Waals surface area contributed by atoms with Crippen molar-refractivity contribution in [2.75, 3.05) is 7.05 Å². The summed E-state index contributed by atoms with van der Waals surface area (Å²) < 4.78 is 27.1. The predicted molar refractivity (Wildman–Crippen MR) is 74.6 cm³/mol. The van der Waals surface area contributed by atoms with Crippen LogP contribution in [0, 0.1) is 21.7 Å². The van der Waals surface area contributed by atoms with Gasteiger partial charge >= 0.3 is 5.69 Å². The molecule has 0 N–H and O–H groups in total. The molecular weight excluding hydrogens is 278 g/mol. The van der Waals surface area contributed by atoms with Crippen molar-refractivity contribution in [3.63, 3.8) is 0 Å². The van der Waals surface area contributed by atoms with Crippen LogP contribution in [0.1, 0.15) is 11.1 Å². The van der Waals surface area contributed by atoms with Crippen molar-refractivity contribution in [2.45, 2.75) is 13.1 Å². The van der Waals surface area contributed by atoms with E-state index in [2.05, 4.69) is 0 Å². The lowest BCUT2D eigenvalue weighted by Gasteiger charge is -2.17. The fraction of sp³-hybridized carbons (Fsp3) is 0.200. The Kier molecular flexibility index (Phi) is 4.59. The molecule has 4 nitrogen and oxygen atoms in total. The van der Waals surface area contributed by atoms with E-state index in [1.165, 1.54) is 12.1 Å². The SMILES string of the molecule is CN(Cc1ccc([N+](=O)[O-])c(F)c1)Cc1ccccc1F. The lowest BCUT2D eigenvalue weighted by Crippen LogP contribution is -2.18. The molecule has 21 heavy (non-hydrogen) atoms. The summed E-state index contributed by atoms with van der Waals surface area (Å²) in [5.74, 6) is -1.16. The summed E-state index contributed by atoms with van der Waals surface area (Å²) in [6.07, 6.45) is 0. The van der Waals surface area contributed by atoms with Gasteiger partial charge in [0.05, 0.1) is 4.92 Å². The highest BCUT2D eigenvalue weighted by Gasteiger charge is 2.14. The predicted octanol–water partition coefficient (Wildman–Crippen LogP) is 3.51. The van der Waals surface area contributed by atoms with Gasteiger partial charge in [-0.15, -0.1) is 0 Å². The van der Waals surface area contributed by atoms with E-state index in [1.807, 2.05) is 0 Å². The van der Waals surface area contributed by atoms with E-state index in [0.29, 0.717) is 24.2 Å². The Morgan fingerprint density at radius 3 is 2.43 bits per heavy atom. The molecule has 0 bridgehead atoms. The minimum absolute atomic E-state index is 0.292. The largest absolute Gasteiger partial charge is 0.304 e. The number of nitrogens with zero attached hydrogens (tertiary/aromatic N) is 2. The first-order chi connectivity index (χ1) is 9.97. The number of halogens is 2. The summed E-state index contributed by atoms with van der Waals surface area (Å²) in [5.41, 5.74) is 0.592. The molecular formula is C15H14F2N2O2. The van der Waals surface area contributed by atoms with E-state index in [0.717, 1.165) is 12.1 Å². The van der Waals surface area contributed by atoms with E-state index >= 15 is 0 Å². The first kappa shape index (κ1) is 15.1. The van der Waals surface area contributed by atoms with Crippen LogP contribution < -0.4 is 0 Å². The van der Waals surface area contributed by atoms with Crippen LogP contribution in [0.25, 0.3) is 0 Å². The van der Waals surface area contributed by atoms with Crippen LogP contribution in [0.5, 0.6) is 0 Å². The molecule has 0 aliphatic heterocycles. The number of nitro groups is 1. The molecule has 0 aromatic heterocycles. The van der Waals surface area contributed by atoms with Gasteiger partial charge in [0, 0.05) is 24.7 Å². The minimum Gasteiger partial charge on any atom is -0.298 e. The molecule has 2 aromatic carbocycles. The van der Waals surface area contributed by atoms with Crippen LogP contribution in [-0.2, 0) is 13.1 Å². The van der Waals surface area contributed by atoms with Gasteiger partial charge in [-0.2, -0.15) is 4.39 Å². The number of hydrogen-bond donors (Lipinski definition) is 0. The van der Waals surface area contributed by atoms with Crippen LogP contribution in [-0.4, -0.2) is 16.9 Å². The standard InChI is InChI=1S/C15H14F2N2O2/c1-18(10-12-4-2-3-5-13(12)16)9-11-6-7-15(19(20)21)14(17)8-11/h2-8H,9-10H2,1H3. The second-order valence-electron chi connectivity index (χ2n) is 4.81. The van der Waals surface area contributed by atoms with Gasteiger partial charge in [-0.3, -0.25) is 15.0 Å². The average Bonchev–Trinajstić information content (AvgIpc) is 2.41. The van der Waals surface area contributed by atoms with E-state index in [4.69, 9.17) is 0 Å². The normalized spacial score (nSPS) is 10.9. The van der Waals surface area contributed by atoms with Crippen molar-refractivity contribution in [1.29, 1.82) is 0 Å². The number of benzene rings is 2. The molecule has 0 atom stereocenters. The van der Waals surface area contributed by atoms with Crippen molar-refractivity contribution < 1.29 is 13.7 Å². The lowest BCUT2D eigenvalue weighted by atomic mass is 10.1. The van der Waals surface area contributed by atoms with Gasteiger partial charge in [0.15, 0.2) is 0 Å². The Labute approximate surface area is 120 Å². The van der Waals surface area contributed by atoms with E-state index in [1.54, 1.807) is 30.1 Å². The number of rotatable bonds is 5. The van der Waals surface area contributed by atoms with Gasteiger partial charge in [-0.1, -0.05) is 24.3 Å². The molecule has 110 valence electrons. The molecule has 0 radical (unpaired) electrons. The van der Waals surface area contributed by atoms with Gasteiger partial charge in [-0.25, -0.2) is 4.39 Å². The molecule has 0 aliphatic rings. The van der Waals surface area contributed by atoms with Gasteiger partial charge in [-0.05, 0) is 24.7 Å². The van der Waals surface area contributed by atoms with Crippen molar-refractivity contribution in [3.8, 4) is 0 Å². The molecule has 0 unspecified atom stereocenters. The van der Waals surface area contributed by atoms with Gasteiger partial charge in [0.25, 0.3) is 0 Å². The molecule has 2 rings (SSSR count). The summed E-state index contributed by atoms with van der Waals surface area (Å²) >= 11 is 0. The molecule has 0 saturated carbocycles. The molecule has 6 heteroatoms. The fourth-order valence-corrected chi connectivity index (χ4v) is 2.08. The van der Waals surface area contributed by atoms with Gasteiger partial charge in [0.1, 0.15) is 5.82 Å². The van der Waals surface area contributed by atoms with Crippen LogP contribution >= 0.6 is 0 Å². The van der Waals surface area contributed by atoms with Crippen LogP contribution in [0.15, 0.2) is 42.5 Å². The Bertz CT molecular complexity index is 662. The molecule has 2 aromatic rings. The first-order valence-electron chi connectivity index (χ1n) is 6.32. The number of hydrogen-bond acceptors (Lipinski definition) is 3. The van der Waals surface area contributed by atoms with Crippen molar-refractivity contribution in [2.24, 2.45) is 0 Å². The van der Waals surface area contributed by atoms with E-state index < -0.39 is 16.4 Å². The molecule has 0 fully saturated rings. The lowest BCUT2D eigenvalue weighted by molar-refractivity contribution is -0.387. The average molecular weight is 292 g/mol. The summed E-state index contributed by atoms with van der Waals surface area (Å²) in [6.45, 7) is 0.731. The molecule has 0 amide bonds. The third kappa shape index (κ3) is 3.82. The van der Waals surface area contributed by atoms with Crippen LogP contribution in [0.4, 0.5) is 14.5 Å². The second-order valence-corrected chi connectivity index (χ2v) is 4.81. The summed E-state index contributed by atoms with van der Waals surface area (Å²) in [4.78, 5) is 11.6. The van der Waals surface area contributed by atoms with Gasteiger partial charge < -0.3 is 0 Å². The summed E-state index contributed by atoms with van der Waals surface area (Å²) in [7, 11) is 1.77. The highest BCUT2D eigenvalue weighted by Crippen LogP contribution is 2.19. The van der Waals surface area contributed by atoms with E-state index in [-0.39, 0.29) is 5.82 Å². The first-order valence-corrected chi connectivity index (χ1v) is 6.32. The Hall–Kier alpha value is -2.34. The zero-order valence-corrected chi connectivity index (χ0v) is 11.4. The number of nitro benzene ring substituents is 1. The van der Waals surface area contributed by atoms with Crippen molar-refractivity contribution in [3.05, 3.63) is 75.3 Å². The second kappa shape index (κ2) is 6.41.